The van der Waals surface area contributed by atoms with Gasteiger partial charge >= 0.3 is 0 Å². The second-order valence-corrected chi connectivity index (χ2v) is 4.36. The average Bonchev–Trinajstić information content (AvgIpc) is 2.59. The van der Waals surface area contributed by atoms with Crippen LogP contribution >= 0.6 is 0 Å². The monoisotopic (exact) mass is 137 g/mol. The topological polar surface area (TPSA) is 12.0 Å². The van der Waals surface area contributed by atoms with Crippen molar-refractivity contribution in [2.75, 3.05) is 13.1 Å². The van der Waals surface area contributed by atoms with Gasteiger partial charge in [-0.05, 0) is 56.0 Å². The minimum atomic E-state index is 0.894. The molecule has 3 aliphatic rings. The molecule has 2 bridgehead atoms. The summed E-state index contributed by atoms with van der Waals surface area (Å²) in [7, 11) is 0. The van der Waals surface area contributed by atoms with E-state index in [0.717, 1.165) is 17.3 Å². The van der Waals surface area contributed by atoms with Gasteiger partial charge in [0.1, 0.15) is 0 Å². The molecule has 1 spiro atoms. The molecular weight excluding hydrogens is 122 g/mol. The number of rotatable bonds is 0. The zero-order valence-electron chi connectivity index (χ0n) is 6.40. The maximum atomic E-state index is 3.54. The molecule has 1 heteroatoms. The summed E-state index contributed by atoms with van der Waals surface area (Å²) in [6.07, 6.45) is 6.17. The highest BCUT2D eigenvalue weighted by atomic mass is 14.9. The molecule has 0 aromatic heterocycles. The molecule has 2 atom stereocenters. The third kappa shape index (κ3) is 0.493. The minimum Gasteiger partial charge on any atom is -0.316 e. The molecule has 1 heterocycles. The average molecular weight is 137 g/mol. The predicted octanol–water partition coefficient (Wildman–Crippen LogP) is 1.40. The van der Waals surface area contributed by atoms with E-state index in [4.69, 9.17) is 0 Å². The van der Waals surface area contributed by atoms with Crippen molar-refractivity contribution in [3.05, 3.63) is 0 Å². The van der Waals surface area contributed by atoms with Crippen LogP contribution in [0.1, 0.15) is 25.7 Å². The van der Waals surface area contributed by atoms with E-state index in [1.807, 2.05) is 0 Å². The summed E-state index contributed by atoms with van der Waals surface area (Å²) in [5, 5.41) is 3.54. The van der Waals surface area contributed by atoms with Crippen LogP contribution < -0.4 is 5.32 Å². The normalized spacial score (nSPS) is 48.0. The summed E-state index contributed by atoms with van der Waals surface area (Å²) in [4.78, 5) is 0. The van der Waals surface area contributed by atoms with Gasteiger partial charge in [-0.25, -0.2) is 0 Å². The lowest BCUT2D eigenvalue weighted by Crippen LogP contribution is -2.39. The number of nitrogens with one attached hydrogen (secondary N) is 1. The van der Waals surface area contributed by atoms with Crippen LogP contribution in [0, 0.1) is 17.3 Å². The van der Waals surface area contributed by atoms with Gasteiger partial charge < -0.3 is 5.32 Å². The molecule has 1 aliphatic heterocycles. The molecule has 1 N–H and O–H groups in total. The Kier molecular flexibility index (Phi) is 0.883. The number of hydrogen-bond acceptors (Lipinski definition) is 1. The van der Waals surface area contributed by atoms with Gasteiger partial charge in [0.25, 0.3) is 0 Å². The smallest absolute Gasteiger partial charge is 0.00150 e. The van der Waals surface area contributed by atoms with Crippen molar-refractivity contribution in [3.63, 3.8) is 0 Å². The van der Waals surface area contributed by atoms with Crippen LogP contribution in [0.25, 0.3) is 0 Å². The fourth-order valence-electron chi connectivity index (χ4n) is 3.31. The van der Waals surface area contributed by atoms with E-state index >= 15 is 0 Å². The van der Waals surface area contributed by atoms with Gasteiger partial charge in [0.15, 0.2) is 0 Å². The lowest BCUT2D eigenvalue weighted by molar-refractivity contribution is 0.221. The molecule has 2 saturated carbocycles. The lowest BCUT2D eigenvalue weighted by Gasteiger charge is -2.30. The van der Waals surface area contributed by atoms with Crippen LogP contribution in [0.2, 0.25) is 0 Å². The minimum absolute atomic E-state index is 0.894. The Hall–Kier alpha value is -0.0400. The fourth-order valence-corrected chi connectivity index (χ4v) is 3.31. The van der Waals surface area contributed by atoms with Gasteiger partial charge in [-0.3, -0.25) is 0 Å². The molecular formula is C9H15N. The molecule has 1 saturated heterocycles. The summed E-state index contributed by atoms with van der Waals surface area (Å²) in [5.74, 6) is 2.15. The fraction of sp³-hybridized carbons (Fsp3) is 1.00. The molecule has 0 aromatic rings. The second-order valence-electron chi connectivity index (χ2n) is 4.36. The van der Waals surface area contributed by atoms with E-state index in [0.29, 0.717) is 0 Å². The van der Waals surface area contributed by atoms with E-state index in [1.165, 1.54) is 25.9 Å². The quantitative estimate of drug-likeness (QED) is 0.532. The first kappa shape index (κ1) is 5.59. The van der Waals surface area contributed by atoms with Crippen LogP contribution in [0.3, 0.4) is 0 Å². The van der Waals surface area contributed by atoms with Crippen LogP contribution in [0.4, 0.5) is 0 Å². The Morgan fingerprint density at radius 1 is 1.00 bits per heavy atom. The maximum Gasteiger partial charge on any atom is -0.00150 e. The van der Waals surface area contributed by atoms with Crippen LogP contribution in [-0.2, 0) is 0 Å². The maximum absolute atomic E-state index is 3.54. The molecule has 0 aromatic carbocycles. The first-order valence-corrected chi connectivity index (χ1v) is 4.62. The third-order valence-electron chi connectivity index (χ3n) is 4.10. The molecule has 3 fully saturated rings. The summed E-state index contributed by atoms with van der Waals surface area (Å²) in [6.45, 7) is 2.66. The summed E-state index contributed by atoms with van der Waals surface area (Å²) in [6, 6.07) is 0. The van der Waals surface area contributed by atoms with Gasteiger partial charge in [-0.15, -0.1) is 0 Å². The first-order valence-electron chi connectivity index (χ1n) is 4.62. The van der Waals surface area contributed by atoms with Crippen molar-refractivity contribution < 1.29 is 0 Å². The third-order valence-corrected chi connectivity index (χ3v) is 4.10. The molecule has 10 heavy (non-hydrogen) atoms. The first-order chi connectivity index (χ1) is 4.92. The summed E-state index contributed by atoms with van der Waals surface area (Å²) < 4.78 is 0. The Bertz CT molecular complexity index is 142. The highest BCUT2D eigenvalue weighted by Crippen LogP contribution is 2.65. The van der Waals surface area contributed by atoms with E-state index < -0.39 is 0 Å². The summed E-state index contributed by atoms with van der Waals surface area (Å²) in [5.41, 5.74) is 0.894. The van der Waals surface area contributed by atoms with E-state index in [-0.39, 0.29) is 0 Å². The standard InChI is InChI=1S/C9H15N/c1-2-8-6-10-5-7(1)9(8)3-4-9/h7-8,10H,1-6H2/t7-,8-/m0/s1. The Labute approximate surface area is 62.2 Å². The zero-order valence-corrected chi connectivity index (χ0v) is 6.40. The van der Waals surface area contributed by atoms with Crippen molar-refractivity contribution in [2.24, 2.45) is 17.3 Å². The Morgan fingerprint density at radius 3 is 2.00 bits per heavy atom. The predicted molar refractivity (Wildman–Crippen MR) is 40.8 cm³/mol. The van der Waals surface area contributed by atoms with Gasteiger partial charge in [0.2, 0.25) is 0 Å². The van der Waals surface area contributed by atoms with E-state index in [1.54, 1.807) is 12.8 Å². The van der Waals surface area contributed by atoms with Gasteiger partial charge in [0, 0.05) is 0 Å². The SMILES string of the molecule is C1C[C@H]2CNC[C@H]1C21CC1. The van der Waals surface area contributed by atoms with Crippen molar-refractivity contribution in [1.29, 1.82) is 0 Å². The highest BCUT2D eigenvalue weighted by molar-refractivity contribution is 5.10. The van der Waals surface area contributed by atoms with Crippen molar-refractivity contribution in [2.45, 2.75) is 25.7 Å². The Balaban J connectivity index is 1.95. The lowest BCUT2D eigenvalue weighted by atomic mass is 9.83. The molecule has 0 radical (unpaired) electrons. The van der Waals surface area contributed by atoms with E-state index in [2.05, 4.69) is 5.32 Å². The van der Waals surface area contributed by atoms with E-state index in [9.17, 15) is 0 Å². The molecule has 0 amide bonds. The molecule has 3 rings (SSSR count). The number of hydrogen-bond donors (Lipinski definition) is 1. The van der Waals surface area contributed by atoms with Gasteiger partial charge in [0.05, 0.1) is 0 Å². The summed E-state index contributed by atoms with van der Waals surface area (Å²) >= 11 is 0. The highest BCUT2D eigenvalue weighted by Gasteiger charge is 2.58. The molecule has 0 unspecified atom stereocenters. The number of piperidine rings is 1. The van der Waals surface area contributed by atoms with Crippen LogP contribution in [-0.4, -0.2) is 13.1 Å². The molecule has 56 valence electrons. The van der Waals surface area contributed by atoms with Gasteiger partial charge in [-0.2, -0.15) is 0 Å². The van der Waals surface area contributed by atoms with Crippen LogP contribution in [0.15, 0.2) is 0 Å². The van der Waals surface area contributed by atoms with Crippen LogP contribution in [0.5, 0.6) is 0 Å². The zero-order chi connectivity index (χ0) is 6.60. The van der Waals surface area contributed by atoms with Crippen molar-refractivity contribution in [1.82, 2.24) is 5.32 Å². The second kappa shape index (κ2) is 1.58. The van der Waals surface area contributed by atoms with Crippen molar-refractivity contribution >= 4 is 0 Å². The molecule has 2 aliphatic carbocycles. The Morgan fingerprint density at radius 2 is 1.60 bits per heavy atom. The van der Waals surface area contributed by atoms with Gasteiger partial charge in [-0.1, -0.05) is 0 Å². The largest absolute Gasteiger partial charge is 0.316 e. The molecule has 1 nitrogen and oxygen atoms in total. The van der Waals surface area contributed by atoms with Crippen molar-refractivity contribution in [3.8, 4) is 0 Å².